The van der Waals surface area contributed by atoms with Crippen molar-refractivity contribution in [3.8, 4) is 11.3 Å². The first-order chi connectivity index (χ1) is 12.4. The van der Waals surface area contributed by atoms with E-state index in [4.69, 9.17) is 11.6 Å². The van der Waals surface area contributed by atoms with E-state index in [1.165, 1.54) is 18.0 Å². The maximum absolute atomic E-state index is 13.6. The topological polar surface area (TPSA) is 24.9 Å². The number of rotatable bonds is 4. The molecule has 0 bridgehead atoms. The number of alkyl halides is 3. The van der Waals surface area contributed by atoms with Gasteiger partial charge in [0.05, 0.1) is 10.7 Å². The lowest BCUT2D eigenvalue weighted by molar-refractivity contribution is -0.137. The summed E-state index contributed by atoms with van der Waals surface area (Å²) in [5.74, 6) is 0.259. The molecule has 2 aromatic carbocycles. The van der Waals surface area contributed by atoms with Crippen LogP contribution in [0.25, 0.3) is 11.3 Å². The van der Waals surface area contributed by atoms with Crippen molar-refractivity contribution in [1.82, 2.24) is 4.98 Å². The summed E-state index contributed by atoms with van der Waals surface area (Å²) in [5.41, 5.74) is -0.0208. The van der Waals surface area contributed by atoms with Crippen molar-refractivity contribution in [3.63, 3.8) is 0 Å². The average molecular weight is 395 g/mol. The normalized spacial score (nSPS) is 11.4. The lowest BCUT2D eigenvalue weighted by Gasteiger charge is -2.17. The van der Waals surface area contributed by atoms with Gasteiger partial charge in [-0.05, 0) is 36.6 Å². The second kappa shape index (κ2) is 7.60. The Kier molecular flexibility index (Phi) is 5.44. The third kappa shape index (κ3) is 4.14. The molecule has 0 saturated carbocycles. The molecule has 0 amide bonds. The lowest BCUT2D eigenvalue weighted by Crippen LogP contribution is -2.11. The van der Waals surface area contributed by atoms with Crippen LogP contribution in [0.5, 0.6) is 0 Å². The molecular weight excluding hydrogens is 381 g/mol. The monoisotopic (exact) mass is 394 g/mol. The van der Waals surface area contributed by atoms with E-state index in [0.717, 1.165) is 4.90 Å². The number of benzene rings is 2. The smallest absolute Gasteiger partial charge is 0.310 e. The van der Waals surface area contributed by atoms with Crippen LogP contribution in [0.15, 0.2) is 65.6 Å². The van der Waals surface area contributed by atoms with E-state index in [9.17, 15) is 13.2 Å². The average Bonchev–Trinajstić information content (AvgIpc) is 2.59. The molecule has 0 aliphatic carbocycles. The SMILES string of the molecule is Cc1ccccc1-c1nc(NSc2ccccc2)cc(Cl)c1C(F)(F)F. The zero-order valence-corrected chi connectivity index (χ0v) is 15.2. The van der Waals surface area contributed by atoms with Crippen LogP contribution in [0.4, 0.5) is 19.0 Å². The van der Waals surface area contributed by atoms with Gasteiger partial charge in [-0.25, -0.2) is 4.98 Å². The Labute approximate surface area is 158 Å². The van der Waals surface area contributed by atoms with Gasteiger partial charge in [0, 0.05) is 16.5 Å². The standard InChI is InChI=1S/C19H14ClF3N2S/c1-12-7-5-6-10-14(12)18-17(19(21,22)23)15(20)11-16(24-18)25-26-13-8-3-2-4-9-13/h2-11H,1H3,(H,24,25). The molecule has 1 aromatic heterocycles. The van der Waals surface area contributed by atoms with Gasteiger partial charge in [0.1, 0.15) is 11.4 Å². The summed E-state index contributed by atoms with van der Waals surface area (Å²) in [6.07, 6.45) is -4.60. The molecule has 2 nitrogen and oxygen atoms in total. The first kappa shape index (κ1) is 18.6. The number of hydrogen-bond donors (Lipinski definition) is 1. The summed E-state index contributed by atoms with van der Waals surface area (Å²) in [5, 5.41) is -0.387. The fourth-order valence-electron chi connectivity index (χ4n) is 2.47. The van der Waals surface area contributed by atoms with Gasteiger partial charge >= 0.3 is 6.18 Å². The second-order valence-corrected chi connectivity index (χ2v) is 6.83. The number of aryl methyl sites for hydroxylation is 1. The Hall–Kier alpha value is -2.18. The van der Waals surface area contributed by atoms with Gasteiger partial charge in [-0.1, -0.05) is 54.1 Å². The fourth-order valence-corrected chi connectivity index (χ4v) is 3.39. The van der Waals surface area contributed by atoms with Crippen molar-refractivity contribution in [2.45, 2.75) is 18.0 Å². The number of nitrogens with zero attached hydrogens (tertiary/aromatic N) is 1. The predicted molar refractivity (Wildman–Crippen MR) is 100 cm³/mol. The number of pyridine rings is 1. The van der Waals surface area contributed by atoms with Gasteiger partial charge in [-0.15, -0.1) is 0 Å². The van der Waals surface area contributed by atoms with Crippen LogP contribution in [0.2, 0.25) is 5.02 Å². The summed E-state index contributed by atoms with van der Waals surface area (Å²) in [4.78, 5) is 5.12. The molecular formula is C19H14ClF3N2S. The molecule has 0 saturated heterocycles. The van der Waals surface area contributed by atoms with E-state index in [2.05, 4.69) is 9.71 Å². The number of nitrogens with one attached hydrogen (secondary N) is 1. The van der Waals surface area contributed by atoms with E-state index in [-0.39, 0.29) is 16.5 Å². The minimum atomic E-state index is -4.60. The van der Waals surface area contributed by atoms with Gasteiger partial charge < -0.3 is 4.72 Å². The predicted octanol–water partition coefficient (Wildman–Crippen LogP) is 6.85. The Morgan fingerprint density at radius 1 is 1.00 bits per heavy atom. The maximum Gasteiger partial charge on any atom is 0.419 e. The Bertz CT molecular complexity index is 914. The van der Waals surface area contributed by atoms with Crippen LogP contribution >= 0.6 is 23.5 Å². The minimum Gasteiger partial charge on any atom is -0.310 e. The summed E-state index contributed by atoms with van der Waals surface area (Å²) in [7, 11) is 0. The van der Waals surface area contributed by atoms with Crippen molar-refractivity contribution in [3.05, 3.63) is 76.8 Å². The van der Waals surface area contributed by atoms with Crippen LogP contribution in [-0.2, 0) is 6.18 Å². The van der Waals surface area contributed by atoms with Crippen LogP contribution < -0.4 is 4.72 Å². The van der Waals surface area contributed by atoms with E-state index < -0.39 is 11.7 Å². The van der Waals surface area contributed by atoms with E-state index >= 15 is 0 Å². The first-order valence-corrected chi connectivity index (χ1v) is 8.87. The van der Waals surface area contributed by atoms with E-state index in [0.29, 0.717) is 11.1 Å². The Balaban J connectivity index is 2.05. The molecule has 3 rings (SSSR count). The van der Waals surface area contributed by atoms with Crippen LogP contribution in [0.1, 0.15) is 11.1 Å². The van der Waals surface area contributed by atoms with Crippen molar-refractivity contribution in [2.24, 2.45) is 0 Å². The highest BCUT2D eigenvalue weighted by atomic mass is 35.5. The molecule has 1 N–H and O–H groups in total. The molecule has 0 aliphatic heterocycles. The highest BCUT2D eigenvalue weighted by Crippen LogP contribution is 2.42. The van der Waals surface area contributed by atoms with Gasteiger partial charge in [0.25, 0.3) is 0 Å². The molecule has 134 valence electrons. The number of hydrogen-bond acceptors (Lipinski definition) is 3. The van der Waals surface area contributed by atoms with Gasteiger partial charge in [-0.3, -0.25) is 0 Å². The Morgan fingerprint density at radius 3 is 2.31 bits per heavy atom. The quantitative estimate of drug-likeness (QED) is 0.490. The van der Waals surface area contributed by atoms with Gasteiger partial charge in [0.15, 0.2) is 0 Å². The second-order valence-electron chi connectivity index (χ2n) is 5.54. The van der Waals surface area contributed by atoms with Crippen molar-refractivity contribution in [2.75, 3.05) is 4.72 Å². The molecule has 26 heavy (non-hydrogen) atoms. The number of aromatic nitrogens is 1. The van der Waals surface area contributed by atoms with Crippen molar-refractivity contribution in [1.29, 1.82) is 0 Å². The maximum atomic E-state index is 13.6. The first-order valence-electron chi connectivity index (χ1n) is 7.68. The summed E-state index contributed by atoms with van der Waals surface area (Å²) in [6.45, 7) is 1.74. The number of halogens is 4. The largest absolute Gasteiger partial charge is 0.419 e. The zero-order valence-electron chi connectivity index (χ0n) is 13.6. The minimum absolute atomic E-state index is 0.181. The summed E-state index contributed by atoms with van der Waals surface area (Å²) < 4.78 is 43.6. The molecule has 0 spiro atoms. The van der Waals surface area contributed by atoms with Gasteiger partial charge in [0.2, 0.25) is 0 Å². The van der Waals surface area contributed by atoms with Crippen molar-refractivity contribution < 1.29 is 13.2 Å². The number of anilines is 1. The van der Waals surface area contributed by atoms with Gasteiger partial charge in [-0.2, -0.15) is 13.2 Å². The molecule has 0 unspecified atom stereocenters. The van der Waals surface area contributed by atoms with E-state index in [1.807, 2.05) is 30.3 Å². The third-order valence-corrected chi connectivity index (χ3v) is 4.79. The third-order valence-electron chi connectivity index (χ3n) is 3.67. The summed E-state index contributed by atoms with van der Waals surface area (Å²) in [6, 6.07) is 17.4. The molecule has 3 aromatic rings. The molecule has 0 aliphatic rings. The van der Waals surface area contributed by atoms with Crippen molar-refractivity contribution >= 4 is 29.4 Å². The summed E-state index contributed by atoms with van der Waals surface area (Å²) >= 11 is 7.25. The molecule has 0 atom stereocenters. The molecule has 1 heterocycles. The fraction of sp³-hybridized carbons (Fsp3) is 0.105. The Morgan fingerprint density at radius 2 is 1.65 bits per heavy atom. The molecule has 0 radical (unpaired) electrons. The lowest BCUT2D eigenvalue weighted by atomic mass is 10.0. The molecule has 7 heteroatoms. The highest BCUT2D eigenvalue weighted by molar-refractivity contribution is 8.00. The van der Waals surface area contributed by atoms with E-state index in [1.54, 1.807) is 31.2 Å². The zero-order chi connectivity index (χ0) is 18.7. The molecule has 0 fully saturated rings. The van der Waals surface area contributed by atoms with Crippen LogP contribution in [0.3, 0.4) is 0 Å². The van der Waals surface area contributed by atoms with Crippen LogP contribution in [-0.4, -0.2) is 4.98 Å². The highest BCUT2D eigenvalue weighted by Gasteiger charge is 2.38. The van der Waals surface area contributed by atoms with Crippen LogP contribution in [0, 0.1) is 6.92 Å².